The predicted molar refractivity (Wildman–Crippen MR) is 106 cm³/mol. The number of guanidine groups is 1. The summed E-state index contributed by atoms with van der Waals surface area (Å²) in [5.41, 5.74) is 0. The molecule has 24 heavy (non-hydrogen) atoms. The van der Waals surface area contributed by atoms with Crippen LogP contribution in [0.5, 0.6) is 0 Å². The Morgan fingerprint density at radius 2 is 1.50 bits per heavy atom. The Morgan fingerprint density at radius 3 is 2.04 bits per heavy atom. The minimum absolute atomic E-state index is 0.812. The first-order valence-corrected chi connectivity index (χ1v) is 10.0. The molecule has 0 bridgehead atoms. The summed E-state index contributed by atoms with van der Waals surface area (Å²) in [6, 6.07) is 0. The zero-order chi connectivity index (χ0) is 17.6. The first kappa shape index (κ1) is 21.2. The molecule has 1 fully saturated rings. The van der Waals surface area contributed by atoms with Gasteiger partial charge in [-0.25, -0.2) is 0 Å². The van der Waals surface area contributed by atoms with E-state index in [0.29, 0.717) is 0 Å². The Balaban J connectivity index is 1.97. The van der Waals surface area contributed by atoms with Crippen molar-refractivity contribution in [3.8, 4) is 0 Å². The number of nitrogens with one attached hydrogen (secondary N) is 2. The second kappa shape index (κ2) is 13.5. The summed E-state index contributed by atoms with van der Waals surface area (Å²) in [4.78, 5) is 9.45. The lowest BCUT2D eigenvalue weighted by atomic mass is 10.1. The molecule has 2 N–H and O–H groups in total. The molecule has 1 aliphatic heterocycles. The number of unbranched alkanes of at least 4 members (excludes halogenated alkanes) is 2. The van der Waals surface area contributed by atoms with Crippen LogP contribution in [0, 0.1) is 5.92 Å². The fourth-order valence-electron chi connectivity index (χ4n) is 3.10. The minimum Gasteiger partial charge on any atom is -0.356 e. The Morgan fingerprint density at radius 1 is 0.917 bits per heavy atom. The van der Waals surface area contributed by atoms with Crippen molar-refractivity contribution in [1.29, 1.82) is 0 Å². The molecule has 0 radical (unpaired) electrons. The van der Waals surface area contributed by atoms with Crippen LogP contribution < -0.4 is 10.6 Å². The highest BCUT2D eigenvalue weighted by atomic mass is 15.3. The van der Waals surface area contributed by atoms with Crippen molar-refractivity contribution in [2.24, 2.45) is 10.9 Å². The SMILES string of the molecule is CCN1CCN(CCCCNC(=NC)NCCCCC(C)C)CC1. The maximum atomic E-state index is 4.30. The summed E-state index contributed by atoms with van der Waals surface area (Å²) >= 11 is 0. The van der Waals surface area contributed by atoms with Gasteiger partial charge in [-0.15, -0.1) is 0 Å². The number of piperazine rings is 1. The van der Waals surface area contributed by atoms with Crippen molar-refractivity contribution < 1.29 is 0 Å². The number of likely N-dealkylation sites (N-methyl/N-ethyl adjacent to an activating group) is 1. The third kappa shape index (κ3) is 10.1. The average Bonchev–Trinajstić information content (AvgIpc) is 2.59. The molecule has 5 heteroatoms. The molecular formula is C19H41N5. The van der Waals surface area contributed by atoms with Gasteiger partial charge in [0.15, 0.2) is 5.96 Å². The van der Waals surface area contributed by atoms with Crippen LogP contribution in [0.15, 0.2) is 4.99 Å². The molecule has 0 atom stereocenters. The van der Waals surface area contributed by atoms with Crippen LogP contribution in [-0.4, -0.2) is 75.2 Å². The summed E-state index contributed by atoms with van der Waals surface area (Å²) in [6.45, 7) is 16.3. The van der Waals surface area contributed by atoms with Gasteiger partial charge in [-0.1, -0.05) is 33.6 Å². The smallest absolute Gasteiger partial charge is 0.190 e. The van der Waals surface area contributed by atoms with E-state index in [1.807, 2.05) is 7.05 Å². The van der Waals surface area contributed by atoms with Gasteiger partial charge in [0.1, 0.15) is 0 Å². The lowest BCUT2D eigenvalue weighted by Gasteiger charge is -2.34. The average molecular weight is 340 g/mol. The number of rotatable bonds is 11. The summed E-state index contributed by atoms with van der Waals surface area (Å²) in [7, 11) is 1.86. The second-order valence-electron chi connectivity index (χ2n) is 7.30. The lowest BCUT2D eigenvalue weighted by molar-refractivity contribution is 0.136. The first-order chi connectivity index (χ1) is 11.7. The van der Waals surface area contributed by atoms with E-state index in [0.717, 1.165) is 25.0 Å². The van der Waals surface area contributed by atoms with Gasteiger partial charge in [-0.2, -0.15) is 0 Å². The van der Waals surface area contributed by atoms with E-state index in [2.05, 4.69) is 46.2 Å². The zero-order valence-corrected chi connectivity index (χ0v) is 16.6. The summed E-state index contributed by atoms with van der Waals surface area (Å²) in [5, 5.41) is 6.85. The van der Waals surface area contributed by atoms with Crippen LogP contribution in [-0.2, 0) is 0 Å². The standard InChI is InChI=1S/C19H41N5/c1-5-23-14-16-24(17-15-23)13-9-8-12-22-19(20-4)21-11-7-6-10-18(2)3/h18H,5-17H2,1-4H3,(H2,20,21,22). The van der Waals surface area contributed by atoms with Crippen LogP contribution in [0.2, 0.25) is 0 Å². The first-order valence-electron chi connectivity index (χ1n) is 10.0. The Hall–Kier alpha value is -0.810. The topological polar surface area (TPSA) is 42.9 Å². The van der Waals surface area contributed by atoms with E-state index in [1.54, 1.807) is 0 Å². The quantitative estimate of drug-likeness (QED) is 0.345. The number of nitrogens with zero attached hydrogens (tertiary/aromatic N) is 3. The van der Waals surface area contributed by atoms with E-state index in [9.17, 15) is 0 Å². The highest BCUT2D eigenvalue weighted by Crippen LogP contribution is 2.05. The normalized spacial score (nSPS) is 17.5. The third-order valence-electron chi connectivity index (χ3n) is 4.83. The van der Waals surface area contributed by atoms with Crippen molar-refractivity contribution in [2.45, 2.75) is 52.9 Å². The Kier molecular flexibility index (Phi) is 11.9. The Bertz CT molecular complexity index is 322. The summed E-state index contributed by atoms with van der Waals surface area (Å²) < 4.78 is 0. The highest BCUT2D eigenvalue weighted by molar-refractivity contribution is 5.79. The molecule has 142 valence electrons. The molecular weight excluding hydrogens is 298 g/mol. The number of aliphatic imine (C=N–C) groups is 1. The van der Waals surface area contributed by atoms with E-state index >= 15 is 0 Å². The molecule has 0 saturated carbocycles. The number of hydrogen-bond donors (Lipinski definition) is 2. The molecule has 1 rings (SSSR count). The summed E-state index contributed by atoms with van der Waals surface area (Å²) in [5.74, 6) is 1.77. The molecule has 1 saturated heterocycles. The molecule has 0 spiro atoms. The van der Waals surface area contributed by atoms with Crippen LogP contribution in [0.3, 0.4) is 0 Å². The fraction of sp³-hybridized carbons (Fsp3) is 0.947. The van der Waals surface area contributed by atoms with Crippen molar-refractivity contribution >= 4 is 5.96 Å². The minimum atomic E-state index is 0.812. The maximum absolute atomic E-state index is 4.30. The predicted octanol–water partition coefficient (Wildman–Crippen LogP) is 2.40. The zero-order valence-electron chi connectivity index (χ0n) is 16.6. The van der Waals surface area contributed by atoms with E-state index in [1.165, 1.54) is 71.4 Å². The summed E-state index contributed by atoms with van der Waals surface area (Å²) in [6.07, 6.45) is 6.32. The van der Waals surface area contributed by atoms with Gasteiger partial charge < -0.3 is 20.4 Å². The molecule has 0 aliphatic carbocycles. The molecule has 0 aromatic heterocycles. The monoisotopic (exact) mass is 339 g/mol. The van der Waals surface area contributed by atoms with Gasteiger partial charge in [-0.3, -0.25) is 4.99 Å². The van der Waals surface area contributed by atoms with Gasteiger partial charge in [0, 0.05) is 46.3 Å². The van der Waals surface area contributed by atoms with Crippen molar-refractivity contribution in [1.82, 2.24) is 20.4 Å². The maximum Gasteiger partial charge on any atom is 0.190 e. The van der Waals surface area contributed by atoms with Crippen molar-refractivity contribution in [3.05, 3.63) is 0 Å². The van der Waals surface area contributed by atoms with Gasteiger partial charge in [0.2, 0.25) is 0 Å². The van der Waals surface area contributed by atoms with Gasteiger partial charge in [0.05, 0.1) is 0 Å². The van der Waals surface area contributed by atoms with Crippen LogP contribution >= 0.6 is 0 Å². The van der Waals surface area contributed by atoms with Crippen LogP contribution in [0.25, 0.3) is 0 Å². The van der Waals surface area contributed by atoms with E-state index < -0.39 is 0 Å². The number of hydrogen-bond acceptors (Lipinski definition) is 3. The van der Waals surface area contributed by atoms with Crippen LogP contribution in [0.4, 0.5) is 0 Å². The van der Waals surface area contributed by atoms with Gasteiger partial charge in [-0.05, 0) is 38.3 Å². The second-order valence-corrected chi connectivity index (χ2v) is 7.30. The van der Waals surface area contributed by atoms with Crippen molar-refractivity contribution in [3.63, 3.8) is 0 Å². The lowest BCUT2D eigenvalue weighted by Crippen LogP contribution is -2.46. The van der Waals surface area contributed by atoms with E-state index in [4.69, 9.17) is 0 Å². The molecule has 1 aliphatic rings. The van der Waals surface area contributed by atoms with Gasteiger partial charge in [0.25, 0.3) is 0 Å². The molecule has 1 heterocycles. The third-order valence-corrected chi connectivity index (χ3v) is 4.83. The van der Waals surface area contributed by atoms with Crippen molar-refractivity contribution in [2.75, 3.05) is 59.4 Å². The fourth-order valence-corrected chi connectivity index (χ4v) is 3.10. The molecule has 5 nitrogen and oxygen atoms in total. The molecule has 0 amide bonds. The van der Waals surface area contributed by atoms with Crippen LogP contribution in [0.1, 0.15) is 52.9 Å². The molecule has 0 aromatic rings. The molecule has 0 aromatic carbocycles. The van der Waals surface area contributed by atoms with E-state index in [-0.39, 0.29) is 0 Å². The largest absolute Gasteiger partial charge is 0.356 e. The Labute approximate surface area is 150 Å². The molecule has 0 unspecified atom stereocenters. The highest BCUT2D eigenvalue weighted by Gasteiger charge is 2.14. The van der Waals surface area contributed by atoms with Gasteiger partial charge >= 0.3 is 0 Å².